The Hall–Kier alpha value is -2.97. The van der Waals surface area contributed by atoms with Crippen LogP contribution in [0.25, 0.3) is 5.69 Å². The maximum Gasteiger partial charge on any atom is 0.258 e. The fraction of sp³-hybridized carbons (Fsp3) is 0.471. The molecule has 1 aliphatic rings. The van der Waals surface area contributed by atoms with Crippen molar-refractivity contribution >= 4 is 11.8 Å². The third-order valence-electron chi connectivity index (χ3n) is 4.42. The number of hydrogen-bond acceptors (Lipinski definition) is 6. The average Bonchev–Trinajstić information content (AvgIpc) is 3.13. The molecule has 1 aromatic heterocycles. The van der Waals surface area contributed by atoms with Crippen molar-refractivity contribution in [1.29, 1.82) is 0 Å². The summed E-state index contributed by atoms with van der Waals surface area (Å²) in [7, 11) is 0. The van der Waals surface area contributed by atoms with Gasteiger partial charge in [-0.1, -0.05) is 13.8 Å². The summed E-state index contributed by atoms with van der Waals surface area (Å²) in [5.41, 5.74) is 0.689. The minimum Gasteiger partial charge on any atom is -0.507 e. The van der Waals surface area contributed by atoms with Gasteiger partial charge in [-0.05, 0) is 35.4 Å². The summed E-state index contributed by atoms with van der Waals surface area (Å²) in [5.74, 6) is -0.234. The van der Waals surface area contributed by atoms with E-state index in [2.05, 4.69) is 29.4 Å². The van der Waals surface area contributed by atoms with Gasteiger partial charge in [-0.15, -0.1) is 5.10 Å². The van der Waals surface area contributed by atoms with Crippen LogP contribution in [0.2, 0.25) is 0 Å². The first-order chi connectivity index (χ1) is 12.4. The first kappa shape index (κ1) is 17.8. The molecule has 1 saturated heterocycles. The number of tetrazole rings is 1. The molecule has 0 bridgehead atoms. The van der Waals surface area contributed by atoms with E-state index in [-0.39, 0.29) is 23.1 Å². The van der Waals surface area contributed by atoms with Crippen molar-refractivity contribution in [3.8, 4) is 11.4 Å². The van der Waals surface area contributed by atoms with Crippen molar-refractivity contribution in [2.75, 3.05) is 19.6 Å². The average molecular weight is 358 g/mol. The number of piperazine rings is 1. The molecule has 1 atom stereocenters. The molecule has 9 nitrogen and oxygen atoms in total. The summed E-state index contributed by atoms with van der Waals surface area (Å²) in [4.78, 5) is 28.7. The van der Waals surface area contributed by atoms with E-state index in [0.29, 0.717) is 31.2 Å². The highest BCUT2D eigenvalue weighted by Gasteiger charge is 2.35. The summed E-state index contributed by atoms with van der Waals surface area (Å²) < 4.78 is 1.38. The molecule has 26 heavy (non-hydrogen) atoms. The fourth-order valence-electron chi connectivity index (χ4n) is 3.11. The minimum atomic E-state index is -0.561. The molecule has 0 radical (unpaired) electrons. The molecule has 2 heterocycles. The highest BCUT2D eigenvalue weighted by Crippen LogP contribution is 2.24. The van der Waals surface area contributed by atoms with Crippen LogP contribution in [-0.4, -0.2) is 72.6 Å². The normalized spacial score (nSPS) is 17.8. The lowest BCUT2D eigenvalue weighted by Crippen LogP contribution is -2.58. The number of aromatic nitrogens is 4. The van der Waals surface area contributed by atoms with Crippen molar-refractivity contribution in [2.24, 2.45) is 5.92 Å². The second-order valence-electron chi connectivity index (χ2n) is 6.81. The molecule has 0 aliphatic carbocycles. The number of phenols is 1. The molecule has 1 aliphatic heterocycles. The van der Waals surface area contributed by atoms with Gasteiger partial charge in [-0.25, -0.2) is 4.68 Å². The molecule has 0 spiro atoms. The zero-order valence-corrected chi connectivity index (χ0v) is 15.0. The number of phenolic OH excluding ortho intramolecular Hbond substituents is 1. The standard InChI is InChI=1S/C17H22N6O3/c1-11(2)9-21-6-7-22(12(3)16(21)25)17(26)14-5-4-13(8-15(14)24)23-10-18-19-20-23/h4-5,8,10-12,24H,6-7,9H2,1-3H3. The summed E-state index contributed by atoms with van der Waals surface area (Å²) in [6.45, 7) is 7.44. The van der Waals surface area contributed by atoms with Gasteiger partial charge >= 0.3 is 0 Å². The van der Waals surface area contributed by atoms with Crippen LogP contribution in [0.15, 0.2) is 24.5 Å². The predicted molar refractivity (Wildman–Crippen MR) is 92.7 cm³/mol. The molecule has 1 fully saturated rings. The lowest BCUT2D eigenvalue weighted by Gasteiger charge is -2.39. The molecule has 138 valence electrons. The molecule has 1 unspecified atom stereocenters. The highest BCUT2D eigenvalue weighted by atomic mass is 16.3. The monoisotopic (exact) mass is 358 g/mol. The van der Waals surface area contributed by atoms with Gasteiger partial charge in [0, 0.05) is 25.7 Å². The zero-order chi connectivity index (χ0) is 18.8. The van der Waals surface area contributed by atoms with Crippen LogP contribution < -0.4 is 0 Å². The minimum absolute atomic E-state index is 0.0666. The predicted octanol–water partition coefficient (Wildman–Crippen LogP) is 0.697. The summed E-state index contributed by atoms with van der Waals surface area (Å²) in [6, 6.07) is 4.02. The van der Waals surface area contributed by atoms with Crippen LogP contribution >= 0.6 is 0 Å². The van der Waals surface area contributed by atoms with Gasteiger partial charge in [0.1, 0.15) is 18.1 Å². The maximum absolute atomic E-state index is 12.9. The van der Waals surface area contributed by atoms with Crippen molar-refractivity contribution in [2.45, 2.75) is 26.8 Å². The van der Waals surface area contributed by atoms with Crippen LogP contribution in [0.4, 0.5) is 0 Å². The molecule has 3 rings (SSSR count). The van der Waals surface area contributed by atoms with E-state index >= 15 is 0 Å². The smallest absolute Gasteiger partial charge is 0.258 e. The van der Waals surface area contributed by atoms with Gasteiger partial charge in [0.25, 0.3) is 5.91 Å². The van der Waals surface area contributed by atoms with Crippen molar-refractivity contribution in [1.82, 2.24) is 30.0 Å². The summed E-state index contributed by atoms with van der Waals surface area (Å²) in [5, 5.41) is 21.1. The van der Waals surface area contributed by atoms with Gasteiger partial charge in [-0.3, -0.25) is 9.59 Å². The number of benzene rings is 1. The van der Waals surface area contributed by atoms with E-state index in [1.54, 1.807) is 17.9 Å². The lowest BCUT2D eigenvalue weighted by molar-refractivity contribution is -0.140. The van der Waals surface area contributed by atoms with Gasteiger partial charge in [0.05, 0.1) is 11.3 Å². The SMILES string of the molecule is CC(C)CN1CCN(C(=O)c2ccc(-n3cnnn3)cc2O)C(C)C1=O. The van der Waals surface area contributed by atoms with Gasteiger partial charge < -0.3 is 14.9 Å². The largest absolute Gasteiger partial charge is 0.507 e. The second-order valence-corrected chi connectivity index (χ2v) is 6.81. The quantitative estimate of drug-likeness (QED) is 0.862. The van der Waals surface area contributed by atoms with Gasteiger partial charge in [0.15, 0.2) is 0 Å². The Morgan fingerprint density at radius 3 is 2.73 bits per heavy atom. The Morgan fingerprint density at radius 1 is 1.35 bits per heavy atom. The van der Waals surface area contributed by atoms with Crippen LogP contribution in [0, 0.1) is 5.92 Å². The first-order valence-corrected chi connectivity index (χ1v) is 8.54. The maximum atomic E-state index is 12.9. The number of carbonyl (C=O) groups excluding carboxylic acids is 2. The molecule has 0 saturated carbocycles. The first-order valence-electron chi connectivity index (χ1n) is 8.54. The number of hydrogen-bond donors (Lipinski definition) is 1. The second kappa shape index (κ2) is 7.11. The number of amides is 2. The van der Waals surface area contributed by atoms with Gasteiger partial charge in [-0.2, -0.15) is 0 Å². The van der Waals surface area contributed by atoms with E-state index in [4.69, 9.17) is 0 Å². The van der Waals surface area contributed by atoms with E-state index < -0.39 is 6.04 Å². The number of nitrogens with zero attached hydrogens (tertiary/aromatic N) is 6. The Morgan fingerprint density at radius 2 is 2.12 bits per heavy atom. The van der Waals surface area contributed by atoms with E-state index in [1.165, 1.54) is 28.0 Å². The summed E-state index contributed by atoms with van der Waals surface area (Å²) in [6.07, 6.45) is 1.39. The molecular weight excluding hydrogens is 336 g/mol. The molecular formula is C17H22N6O3. The molecule has 1 N–H and O–H groups in total. The topological polar surface area (TPSA) is 104 Å². The van der Waals surface area contributed by atoms with Gasteiger partial charge in [0.2, 0.25) is 5.91 Å². The van der Waals surface area contributed by atoms with E-state index in [1.807, 2.05) is 0 Å². The third kappa shape index (κ3) is 3.37. The van der Waals surface area contributed by atoms with Crippen molar-refractivity contribution < 1.29 is 14.7 Å². The molecule has 9 heteroatoms. The molecule has 2 aromatic rings. The Balaban J connectivity index is 1.78. The number of rotatable bonds is 4. The van der Waals surface area contributed by atoms with Crippen molar-refractivity contribution in [3.05, 3.63) is 30.1 Å². The third-order valence-corrected chi connectivity index (χ3v) is 4.42. The van der Waals surface area contributed by atoms with Crippen molar-refractivity contribution in [3.63, 3.8) is 0 Å². The lowest BCUT2D eigenvalue weighted by atomic mass is 10.1. The van der Waals surface area contributed by atoms with Crippen LogP contribution in [0.5, 0.6) is 5.75 Å². The Bertz CT molecular complexity index is 805. The fourth-order valence-corrected chi connectivity index (χ4v) is 3.11. The van der Waals surface area contributed by atoms with Crippen LogP contribution in [-0.2, 0) is 4.79 Å². The molecule has 2 amide bonds. The highest BCUT2D eigenvalue weighted by molar-refractivity contribution is 6.00. The molecule has 1 aromatic carbocycles. The van der Waals surface area contributed by atoms with E-state index in [0.717, 1.165) is 0 Å². The number of carbonyl (C=O) groups is 2. The number of aromatic hydroxyl groups is 1. The summed E-state index contributed by atoms with van der Waals surface area (Å²) >= 11 is 0. The van der Waals surface area contributed by atoms with E-state index in [9.17, 15) is 14.7 Å². The Kier molecular flexibility index (Phi) is 4.88. The van der Waals surface area contributed by atoms with Crippen LogP contribution in [0.3, 0.4) is 0 Å². The zero-order valence-electron chi connectivity index (χ0n) is 15.0. The Labute approximate surface area is 151 Å². The van der Waals surface area contributed by atoms with Crippen LogP contribution in [0.1, 0.15) is 31.1 Å².